The molecule has 0 saturated heterocycles. The molecule has 1 aliphatic carbocycles. The molecule has 1 saturated carbocycles. The Morgan fingerprint density at radius 1 is 1.06 bits per heavy atom. The summed E-state index contributed by atoms with van der Waals surface area (Å²) in [5.41, 5.74) is 5.81. The van der Waals surface area contributed by atoms with Crippen LogP contribution >= 0.6 is 0 Å². The van der Waals surface area contributed by atoms with E-state index < -0.39 is 0 Å². The van der Waals surface area contributed by atoms with Gasteiger partial charge in [-0.3, -0.25) is 0 Å². The standard InChI is InChI=1S/C15H20O/c1-10-9-11(2)13-5-8-15(6-4-7-15)16-14(13)12(10)3/h9H,4-8H2,1-3H3. The minimum absolute atomic E-state index is 0.220. The van der Waals surface area contributed by atoms with Crippen molar-refractivity contribution >= 4 is 0 Å². The van der Waals surface area contributed by atoms with E-state index in [0.29, 0.717) is 0 Å². The molecule has 1 aromatic carbocycles. The molecule has 16 heavy (non-hydrogen) atoms. The smallest absolute Gasteiger partial charge is 0.126 e. The first-order valence-corrected chi connectivity index (χ1v) is 6.40. The van der Waals surface area contributed by atoms with Crippen LogP contribution in [-0.2, 0) is 6.42 Å². The molecule has 0 unspecified atom stereocenters. The second kappa shape index (κ2) is 3.26. The van der Waals surface area contributed by atoms with E-state index in [-0.39, 0.29) is 5.60 Å². The molecular formula is C15H20O. The zero-order valence-corrected chi connectivity index (χ0v) is 10.5. The molecule has 1 aromatic rings. The number of rotatable bonds is 0. The van der Waals surface area contributed by atoms with Crippen LogP contribution in [-0.4, -0.2) is 5.60 Å². The minimum atomic E-state index is 0.220. The zero-order chi connectivity index (χ0) is 11.3. The maximum Gasteiger partial charge on any atom is 0.126 e. The monoisotopic (exact) mass is 216 g/mol. The molecule has 0 bridgehead atoms. The molecule has 1 spiro atoms. The SMILES string of the molecule is Cc1cc(C)c2c(c1C)OC1(CCC1)CC2. The van der Waals surface area contributed by atoms with Gasteiger partial charge in [-0.05, 0) is 75.1 Å². The van der Waals surface area contributed by atoms with Crippen LogP contribution in [0, 0.1) is 20.8 Å². The quantitative estimate of drug-likeness (QED) is 0.640. The molecule has 1 nitrogen and oxygen atoms in total. The number of hydrogen-bond acceptors (Lipinski definition) is 1. The Morgan fingerprint density at radius 2 is 1.81 bits per heavy atom. The normalized spacial score (nSPS) is 21.2. The molecule has 2 aliphatic rings. The molecule has 1 aliphatic heterocycles. The van der Waals surface area contributed by atoms with E-state index >= 15 is 0 Å². The van der Waals surface area contributed by atoms with Crippen LogP contribution < -0.4 is 4.74 Å². The lowest BCUT2D eigenvalue weighted by Crippen LogP contribution is -2.46. The Bertz CT molecular complexity index is 441. The summed E-state index contributed by atoms with van der Waals surface area (Å²) in [7, 11) is 0. The number of ether oxygens (including phenoxy) is 1. The van der Waals surface area contributed by atoms with Crippen LogP contribution in [0.5, 0.6) is 5.75 Å². The fourth-order valence-corrected chi connectivity index (χ4v) is 3.10. The van der Waals surface area contributed by atoms with Gasteiger partial charge < -0.3 is 4.74 Å². The third kappa shape index (κ3) is 1.30. The second-order valence-electron chi connectivity index (χ2n) is 5.58. The Morgan fingerprint density at radius 3 is 2.44 bits per heavy atom. The van der Waals surface area contributed by atoms with Gasteiger partial charge in [-0.25, -0.2) is 0 Å². The summed E-state index contributed by atoms with van der Waals surface area (Å²) < 4.78 is 6.35. The molecule has 1 fully saturated rings. The Hall–Kier alpha value is -0.980. The van der Waals surface area contributed by atoms with Crippen LogP contribution in [0.3, 0.4) is 0 Å². The zero-order valence-electron chi connectivity index (χ0n) is 10.5. The first-order chi connectivity index (χ1) is 7.61. The maximum atomic E-state index is 6.35. The lowest BCUT2D eigenvalue weighted by molar-refractivity contribution is -0.0257. The van der Waals surface area contributed by atoms with E-state index in [9.17, 15) is 0 Å². The van der Waals surface area contributed by atoms with Crippen molar-refractivity contribution < 1.29 is 4.74 Å². The van der Waals surface area contributed by atoms with Gasteiger partial charge in [0.15, 0.2) is 0 Å². The molecule has 1 heteroatoms. The van der Waals surface area contributed by atoms with Gasteiger partial charge in [-0.15, -0.1) is 0 Å². The van der Waals surface area contributed by atoms with Gasteiger partial charge in [0.2, 0.25) is 0 Å². The largest absolute Gasteiger partial charge is 0.487 e. The minimum Gasteiger partial charge on any atom is -0.487 e. The van der Waals surface area contributed by atoms with Gasteiger partial charge in [0.1, 0.15) is 11.4 Å². The van der Waals surface area contributed by atoms with Crippen LogP contribution in [0.25, 0.3) is 0 Å². The predicted molar refractivity (Wildman–Crippen MR) is 66.2 cm³/mol. The van der Waals surface area contributed by atoms with Gasteiger partial charge in [-0.1, -0.05) is 6.07 Å². The van der Waals surface area contributed by atoms with E-state index in [1.54, 1.807) is 0 Å². The first-order valence-electron chi connectivity index (χ1n) is 6.40. The average molecular weight is 216 g/mol. The molecule has 0 N–H and O–H groups in total. The topological polar surface area (TPSA) is 9.23 Å². The van der Waals surface area contributed by atoms with Crippen molar-refractivity contribution in [2.24, 2.45) is 0 Å². The molecule has 86 valence electrons. The van der Waals surface area contributed by atoms with Gasteiger partial charge in [-0.2, -0.15) is 0 Å². The average Bonchev–Trinajstić information content (AvgIpc) is 2.23. The summed E-state index contributed by atoms with van der Waals surface area (Å²) in [5, 5.41) is 0. The van der Waals surface area contributed by atoms with Crippen LogP contribution in [0.15, 0.2) is 6.07 Å². The summed E-state index contributed by atoms with van der Waals surface area (Å²) in [5.74, 6) is 1.21. The predicted octanol–water partition coefficient (Wildman–Crippen LogP) is 3.86. The fraction of sp³-hybridized carbons (Fsp3) is 0.600. The van der Waals surface area contributed by atoms with E-state index in [0.717, 1.165) is 0 Å². The molecule has 0 amide bonds. The van der Waals surface area contributed by atoms with Crippen molar-refractivity contribution in [3.8, 4) is 5.75 Å². The van der Waals surface area contributed by atoms with Gasteiger partial charge >= 0.3 is 0 Å². The summed E-state index contributed by atoms with van der Waals surface area (Å²) in [6, 6.07) is 2.30. The molecule has 0 radical (unpaired) electrons. The number of aryl methyl sites for hydroxylation is 2. The third-order valence-electron chi connectivity index (χ3n) is 4.53. The van der Waals surface area contributed by atoms with Gasteiger partial charge in [0.05, 0.1) is 0 Å². The van der Waals surface area contributed by atoms with Crippen molar-refractivity contribution in [2.75, 3.05) is 0 Å². The highest BCUT2D eigenvalue weighted by atomic mass is 16.5. The van der Waals surface area contributed by atoms with Crippen molar-refractivity contribution in [3.05, 3.63) is 28.3 Å². The first kappa shape index (κ1) is 10.2. The number of fused-ring (bicyclic) bond motifs is 1. The van der Waals surface area contributed by atoms with E-state index in [1.165, 1.54) is 60.1 Å². The molecular weight excluding hydrogens is 196 g/mol. The van der Waals surface area contributed by atoms with Gasteiger partial charge in [0, 0.05) is 0 Å². The maximum absolute atomic E-state index is 6.35. The van der Waals surface area contributed by atoms with E-state index in [2.05, 4.69) is 26.8 Å². The lowest BCUT2D eigenvalue weighted by atomic mass is 9.74. The molecule has 3 rings (SSSR count). The highest BCUT2D eigenvalue weighted by Gasteiger charge is 2.42. The van der Waals surface area contributed by atoms with Gasteiger partial charge in [0.25, 0.3) is 0 Å². The molecule has 0 atom stereocenters. The number of hydrogen-bond donors (Lipinski definition) is 0. The molecule has 0 aromatic heterocycles. The lowest BCUT2D eigenvalue weighted by Gasteiger charge is -2.46. The van der Waals surface area contributed by atoms with Crippen molar-refractivity contribution in [2.45, 2.75) is 58.5 Å². The Kier molecular flexibility index (Phi) is 2.07. The Labute approximate surface area is 97.8 Å². The van der Waals surface area contributed by atoms with Crippen molar-refractivity contribution in [1.29, 1.82) is 0 Å². The highest BCUT2D eigenvalue weighted by Crippen LogP contribution is 2.47. The second-order valence-corrected chi connectivity index (χ2v) is 5.58. The Balaban J connectivity index is 2.08. The van der Waals surface area contributed by atoms with Crippen LogP contribution in [0.1, 0.15) is 47.9 Å². The van der Waals surface area contributed by atoms with E-state index in [1.807, 2.05) is 0 Å². The van der Waals surface area contributed by atoms with Crippen molar-refractivity contribution in [1.82, 2.24) is 0 Å². The summed E-state index contributed by atoms with van der Waals surface area (Å²) in [6.45, 7) is 6.60. The highest BCUT2D eigenvalue weighted by molar-refractivity contribution is 5.51. The fourth-order valence-electron chi connectivity index (χ4n) is 3.10. The van der Waals surface area contributed by atoms with Crippen LogP contribution in [0.4, 0.5) is 0 Å². The molecule has 1 heterocycles. The summed E-state index contributed by atoms with van der Waals surface area (Å²) >= 11 is 0. The van der Waals surface area contributed by atoms with E-state index in [4.69, 9.17) is 4.74 Å². The summed E-state index contributed by atoms with van der Waals surface area (Å²) in [6.07, 6.45) is 6.31. The third-order valence-corrected chi connectivity index (χ3v) is 4.53. The van der Waals surface area contributed by atoms with Crippen molar-refractivity contribution in [3.63, 3.8) is 0 Å². The number of benzene rings is 1. The summed E-state index contributed by atoms with van der Waals surface area (Å²) in [4.78, 5) is 0. The van der Waals surface area contributed by atoms with Crippen LogP contribution in [0.2, 0.25) is 0 Å².